The molecule has 1 aliphatic carbocycles. The molecule has 1 saturated carbocycles. The van der Waals surface area contributed by atoms with E-state index in [0.717, 1.165) is 24.8 Å². The van der Waals surface area contributed by atoms with Crippen LogP contribution in [0.25, 0.3) is 0 Å². The van der Waals surface area contributed by atoms with Gasteiger partial charge in [-0.2, -0.15) is 0 Å². The van der Waals surface area contributed by atoms with Gasteiger partial charge in [0.05, 0.1) is 0 Å². The summed E-state index contributed by atoms with van der Waals surface area (Å²) in [5, 5.41) is 3.33. The lowest BCUT2D eigenvalue weighted by Gasteiger charge is -2.16. The molecule has 0 spiro atoms. The molecule has 2 rings (SSSR count). The Morgan fingerprint density at radius 3 is 2.83 bits per heavy atom. The second-order valence-electron chi connectivity index (χ2n) is 5.00. The first kappa shape index (κ1) is 12.9. The van der Waals surface area contributed by atoms with Gasteiger partial charge >= 0.3 is 0 Å². The van der Waals surface area contributed by atoms with Crippen molar-refractivity contribution in [3.63, 3.8) is 0 Å². The Kier molecular flexibility index (Phi) is 3.87. The van der Waals surface area contributed by atoms with Crippen molar-refractivity contribution in [2.24, 2.45) is 0 Å². The molecule has 0 saturated heterocycles. The van der Waals surface area contributed by atoms with E-state index in [1.807, 2.05) is 12.1 Å². The van der Waals surface area contributed by atoms with E-state index < -0.39 is 0 Å². The number of likely N-dealkylation sites (N-methyl/N-ethyl adjacent to an activating group) is 1. The molecule has 0 atom stereocenters. The van der Waals surface area contributed by atoms with Crippen molar-refractivity contribution < 1.29 is 4.79 Å². The van der Waals surface area contributed by atoms with Gasteiger partial charge in [-0.1, -0.05) is 0 Å². The number of ketones is 1. The van der Waals surface area contributed by atoms with Crippen LogP contribution in [0.1, 0.15) is 30.1 Å². The minimum atomic E-state index is 0.00579. The number of nitrogens with two attached hydrogens (primary N) is 1. The van der Waals surface area contributed by atoms with Crippen LogP contribution in [0.2, 0.25) is 0 Å². The molecule has 0 amide bonds. The molecule has 0 aliphatic heterocycles. The molecule has 0 heterocycles. The third-order valence-electron chi connectivity index (χ3n) is 3.40. The van der Waals surface area contributed by atoms with Crippen molar-refractivity contribution >= 4 is 17.2 Å². The van der Waals surface area contributed by atoms with E-state index in [0.29, 0.717) is 11.3 Å². The van der Waals surface area contributed by atoms with Crippen LogP contribution >= 0.6 is 0 Å². The lowest BCUT2D eigenvalue weighted by atomic mass is 10.1. The van der Waals surface area contributed by atoms with Crippen LogP contribution in [-0.4, -0.2) is 36.9 Å². The smallest absolute Gasteiger partial charge is 0.161 e. The summed E-state index contributed by atoms with van der Waals surface area (Å²) < 4.78 is 0. The summed E-state index contributed by atoms with van der Waals surface area (Å²) in [6.45, 7) is 3.44. The van der Waals surface area contributed by atoms with Crippen LogP contribution in [0.5, 0.6) is 0 Å². The Hall–Kier alpha value is -1.55. The average molecular weight is 247 g/mol. The number of carbonyl (C=O) groups is 1. The molecule has 0 bridgehead atoms. The van der Waals surface area contributed by atoms with E-state index >= 15 is 0 Å². The standard InChI is InChI=1S/C14H21N3O/c1-10(18)13-9-11(3-6-14(13)15)16-7-8-17(2)12-4-5-12/h3,6,9,12,16H,4-5,7-8,15H2,1-2H3. The molecule has 0 unspecified atom stereocenters. The third kappa shape index (κ3) is 3.23. The van der Waals surface area contributed by atoms with Gasteiger partial charge in [-0.3, -0.25) is 4.79 Å². The highest BCUT2D eigenvalue weighted by atomic mass is 16.1. The maximum atomic E-state index is 11.4. The van der Waals surface area contributed by atoms with E-state index in [9.17, 15) is 4.79 Å². The van der Waals surface area contributed by atoms with E-state index in [2.05, 4.69) is 17.3 Å². The fraction of sp³-hybridized carbons (Fsp3) is 0.500. The first-order valence-corrected chi connectivity index (χ1v) is 6.42. The molecular weight excluding hydrogens is 226 g/mol. The van der Waals surface area contributed by atoms with Gasteiger partial charge in [-0.15, -0.1) is 0 Å². The summed E-state index contributed by atoms with van der Waals surface area (Å²) in [7, 11) is 2.16. The summed E-state index contributed by atoms with van der Waals surface area (Å²) in [6.07, 6.45) is 2.65. The normalized spacial score (nSPS) is 14.8. The fourth-order valence-electron chi connectivity index (χ4n) is 2.05. The maximum Gasteiger partial charge on any atom is 0.161 e. The van der Waals surface area contributed by atoms with Crippen LogP contribution in [0.15, 0.2) is 18.2 Å². The van der Waals surface area contributed by atoms with E-state index in [-0.39, 0.29) is 5.78 Å². The number of hydrogen-bond donors (Lipinski definition) is 2. The van der Waals surface area contributed by atoms with Gasteiger partial charge in [-0.25, -0.2) is 0 Å². The monoisotopic (exact) mass is 247 g/mol. The van der Waals surface area contributed by atoms with Crippen LogP contribution in [0.4, 0.5) is 11.4 Å². The zero-order chi connectivity index (χ0) is 13.1. The first-order chi connectivity index (χ1) is 8.58. The largest absolute Gasteiger partial charge is 0.398 e. The van der Waals surface area contributed by atoms with Crippen molar-refractivity contribution in [2.45, 2.75) is 25.8 Å². The van der Waals surface area contributed by atoms with Gasteiger partial charge in [-0.05, 0) is 45.0 Å². The highest BCUT2D eigenvalue weighted by Crippen LogP contribution is 2.25. The van der Waals surface area contributed by atoms with E-state index in [1.165, 1.54) is 19.8 Å². The Balaban J connectivity index is 1.88. The highest BCUT2D eigenvalue weighted by Gasteiger charge is 2.25. The van der Waals surface area contributed by atoms with Crippen LogP contribution in [0, 0.1) is 0 Å². The Bertz CT molecular complexity index is 441. The molecule has 18 heavy (non-hydrogen) atoms. The van der Waals surface area contributed by atoms with Gasteiger partial charge in [0.25, 0.3) is 0 Å². The van der Waals surface area contributed by atoms with E-state index in [4.69, 9.17) is 5.73 Å². The lowest BCUT2D eigenvalue weighted by molar-refractivity contribution is 0.101. The average Bonchev–Trinajstić information content (AvgIpc) is 3.14. The zero-order valence-corrected chi connectivity index (χ0v) is 11.1. The molecule has 98 valence electrons. The summed E-state index contributed by atoms with van der Waals surface area (Å²) in [5.41, 5.74) is 7.85. The summed E-state index contributed by atoms with van der Waals surface area (Å²) in [6, 6.07) is 6.31. The van der Waals surface area contributed by atoms with Crippen molar-refractivity contribution in [1.29, 1.82) is 0 Å². The van der Waals surface area contributed by atoms with Gasteiger partial charge in [0.2, 0.25) is 0 Å². The Morgan fingerprint density at radius 1 is 1.50 bits per heavy atom. The third-order valence-corrected chi connectivity index (χ3v) is 3.40. The minimum Gasteiger partial charge on any atom is -0.398 e. The Labute approximate surface area is 108 Å². The van der Waals surface area contributed by atoms with Crippen molar-refractivity contribution in [2.75, 3.05) is 31.2 Å². The predicted molar refractivity (Wildman–Crippen MR) is 75.0 cm³/mol. The van der Waals surface area contributed by atoms with Crippen LogP contribution in [-0.2, 0) is 0 Å². The number of nitrogen functional groups attached to an aromatic ring is 1. The summed E-state index contributed by atoms with van der Waals surface area (Å²) in [5.74, 6) is 0.00579. The number of nitrogens with one attached hydrogen (secondary N) is 1. The molecule has 0 aromatic heterocycles. The number of benzene rings is 1. The molecular formula is C14H21N3O. The van der Waals surface area contributed by atoms with Crippen molar-refractivity contribution in [1.82, 2.24) is 4.90 Å². The molecule has 1 aromatic carbocycles. The van der Waals surface area contributed by atoms with Crippen molar-refractivity contribution in [3.05, 3.63) is 23.8 Å². The predicted octanol–water partition coefficient (Wildman–Crippen LogP) is 1.98. The number of rotatable bonds is 6. The first-order valence-electron chi connectivity index (χ1n) is 6.42. The van der Waals surface area contributed by atoms with E-state index in [1.54, 1.807) is 6.07 Å². The quantitative estimate of drug-likeness (QED) is 0.596. The number of nitrogens with zero attached hydrogens (tertiary/aromatic N) is 1. The van der Waals surface area contributed by atoms with Gasteiger partial charge in [0, 0.05) is 36.1 Å². The molecule has 1 aliphatic rings. The topological polar surface area (TPSA) is 58.4 Å². The number of Topliss-reactive ketones (excluding diaryl/α,β-unsaturated/α-hetero) is 1. The van der Waals surface area contributed by atoms with Crippen LogP contribution in [0.3, 0.4) is 0 Å². The highest BCUT2D eigenvalue weighted by molar-refractivity contribution is 5.99. The van der Waals surface area contributed by atoms with Crippen LogP contribution < -0.4 is 11.1 Å². The van der Waals surface area contributed by atoms with Gasteiger partial charge in [0.15, 0.2) is 5.78 Å². The minimum absolute atomic E-state index is 0.00579. The number of hydrogen-bond acceptors (Lipinski definition) is 4. The Morgan fingerprint density at radius 2 is 2.22 bits per heavy atom. The second-order valence-corrected chi connectivity index (χ2v) is 5.00. The summed E-state index contributed by atoms with van der Waals surface area (Å²) in [4.78, 5) is 13.8. The molecule has 1 fully saturated rings. The van der Waals surface area contributed by atoms with Gasteiger partial charge < -0.3 is 16.0 Å². The number of anilines is 2. The van der Waals surface area contributed by atoms with Gasteiger partial charge in [0.1, 0.15) is 0 Å². The number of carbonyl (C=O) groups excluding carboxylic acids is 1. The lowest BCUT2D eigenvalue weighted by Crippen LogP contribution is -2.27. The summed E-state index contributed by atoms with van der Waals surface area (Å²) >= 11 is 0. The zero-order valence-electron chi connectivity index (χ0n) is 11.1. The van der Waals surface area contributed by atoms with Crippen molar-refractivity contribution in [3.8, 4) is 0 Å². The molecule has 4 heteroatoms. The molecule has 1 aromatic rings. The fourth-order valence-corrected chi connectivity index (χ4v) is 2.05. The maximum absolute atomic E-state index is 11.4. The molecule has 3 N–H and O–H groups in total. The second kappa shape index (κ2) is 5.40. The molecule has 4 nitrogen and oxygen atoms in total. The SMILES string of the molecule is CC(=O)c1cc(NCCN(C)C2CC2)ccc1N. The molecule has 0 radical (unpaired) electrons.